The lowest BCUT2D eigenvalue weighted by atomic mass is 10.1. The second-order valence-corrected chi connectivity index (χ2v) is 2.79. The van der Waals surface area contributed by atoms with Crippen molar-refractivity contribution in [2.75, 3.05) is 5.75 Å². The van der Waals surface area contributed by atoms with E-state index in [4.69, 9.17) is 0 Å². The van der Waals surface area contributed by atoms with Crippen LogP contribution in [-0.2, 0) is 0 Å². The average Bonchev–Trinajstić information content (AvgIpc) is 2.30. The molecule has 2 atom stereocenters. The van der Waals surface area contributed by atoms with Gasteiger partial charge in [-0.3, -0.25) is 0 Å². The molecule has 0 aliphatic carbocycles. The number of carbonyl (C=O) groups excluding carboxylic acids is 1. The van der Waals surface area contributed by atoms with E-state index in [0.717, 1.165) is 6.42 Å². The van der Waals surface area contributed by atoms with Crippen LogP contribution in [0.3, 0.4) is 0 Å². The van der Waals surface area contributed by atoms with E-state index < -0.39 is 0 Å². The Kier molecular flexibility index (Phi) is 2.43. The van der Waals surface area contributed by atoms with E-state index in [1.54, 1.807) is 0 Å². The summed E-state index contributed by atoms with van der Waals surface area (Å²) in [6.45, 7) is 2.05. The maximum Gasteiger partial charge on any atom is 0.315 e. The van der Waals surface area contributed by atoms with Crippen molar-refractivity contribution in [2.45, 2.75) is 25.4 Å². The minimum atomic E-state index is -0.0640. The van der Waals surface area contributed by atoms with Crippen LogP contribution in [-0.4, -0.2) is 23.9 Å². The monoisotopic (exact) mass is 160 g/mol. The van der Waals surface area contributed by atoms with Crippen LogP contribution in [0.15, 0.2) is 0 Å². The molecule has 0 saturated carbocycles. The highest BCUT2D eigenvalue weighted by Gasteiger charge is 2.28. The minimum absolute atomic E-state index is 0.0640. The highest BCUT2D eigenvalue weighted by atomic mass is 32.1. The lowest BCUT2D eigenvalue weighted by molar-refractivity contribution is 0.247. The van der Waals surface area contributed by atoms with Gasteiger partial charge >= 0.3 is 6.03 Å². The van der Waals surface area contributed by atoms with Crippen molar-refractivity contribution in [1.29, 1.82) is 0 Å². The molecule has 0 radical (unpaired) electrons. The second kappa shape index (κ2) is 3.14. The molecule has 0 spiro atoms. The van der Waals surface area contributed by atoms with Gasteiger partial charge in [-0.1, -0.05) is 6.92 Å². The molecule has 2 N–H and O–H groups in total. The molecule has 0 bridgehead atoms. The standard InChI is InChI=1S/C6H12N2OS/c1-2-4-5(3-10)8-6(9)7-4/h4-5,10H,2-3H2,1H3,(H2,7,8,9). The SMILES string of the molecule is CCC1NC(=O)NC1CS. The molecule has 0 aromatic carbocycles. The maximum atomic E-state index is 10.7. The fraction of sp³-hybridized carbons (Fsp3) is 0.833. The second-order valence-electron chi connectivity index (χ2n) is 2.42. The summed E-state index contributed by atoms with van der Waals surface area (Å²) in [5.41, 5.74) is 0. The molecule has 1 aliphatic heterocycles. The van der Waals surface area contributed by atoms with Gasteiger partial charge in [0.15, 0.2) is 0 Å². The van der Waals surface area contributed by atoms with Gasteiger partial charge in [0.25, 0.3) is 0 Å². The summed E-state index contributed by atoms with van der Waals surface area (Å²) in [6, 6.07) is 0.414. The molecular weight excluding hydrogens is 148 g/mol. The summed E-state index contributed by atoms with van der Waals surface area (Å²) >= 11 is 4.11. The number of thiol groups is 1. The van der Waals surface area contributed by atoms with Crippen molar-refractivity contribution in [2.24, 2.45) is 0 Å². The van der Waals surface area contributed by atoms with Crippen molar-refractivity contribution in [3.63, 3.8) is 0 Å². The molecule has 1 heterocycles. The van der Waals surface area contributed by atoms with E-state index in [-0.39, 0.29) is 18.1 Å². The van der Waals surface area contributed by atoms with Gasteiger partial charge in [-0.25, -0.2) is 4.79 Å². The molecular formula is C6H12N2OS. The number of hydrogen-bond acceptors (Lipinski definition) is 2. The average molecular weight is 160 g/mol. The molecule has 4 heteroatoms. The largest absolute Gasteiger partial charge is 0.333 e. The van der Waals surface area contributed by atoms with E-state index in [1.165, 1.54) is 0 Å². The molecule has 1 fully saturated rings. The van der Waals surface area contributed by atoms with E-state index in [0.29, 0.717) is 5.75 Å². The number of carbonyl (C=O) groups is 1. The minimum Gasteiger partial charge on any atom is -0.333 e. The normalized spacial score (nSPS) is 31.6. The molecule has 1 rings (SSSR count). The quantitative estimate of drug-likeness (QED) is 0.502. The summed E-state index contributed by atoms with van der Waals surface area (Å²) in [4.78, 5) is 10.7. The Morgan fingerprint density at radius 2 is 2.10 bits per heavy atom. The first-order valence-corrected chi connectivity index (χ1v) is 4.09. The fourth-order valence-electron chi connectivity index (χ4n) is 1.14. The Labute approximate surface area is 66.0 Å². The first kappa shape index (κ1) is 7.72. The van der Waals surface area contributed by atoms with Crippen molar-refractivity contribution < 1.29 is 4.79 Å². The van der Waals surface area contributed by atoms with E-state index >= 15 is 0 Å². The van der Waals surface area contributed by atoms with Crippen LogP contribution in [0.5, 0.6) is 0 Å². The van der Waals surface area contributed by atoms with Gasteiger partial charge in [-0.05, 0) is 6.42 Å². The van der Waals surface area contributed by atoms with Crippen LogP contribution in [0.4, 0.5) is 4.79 Å². The Bertz CT molecular complexity index is 126. The molecule has 2 amide bonds. The highest BCUT2D eigenvalue weighted by molar-refractivity contribution is 7.80. The maximum absolute atomic E-state index is 10.7. The van der Waals surface area contributed by atoms with E-state index in [1.807, 2.05) is 6.92 Å². The van der Waals surface area contributed by atoms with Gasteiger partial charge in [0, 0.05) is 5.75 Å². The topological polar surface area (TPSA) is 41.1 Å². The summed E-state index contributed by atoms with van der Waals surface area (Å²) in [6.07, 6.45) is 0.962. The number of amides is 2. The Morgan fingerprint density at radius 3 is 2.50 bits per heavy atom. The number of nitrogens with one attached hydrogen (secondary N) is 2. The zero-order valence-electron chi connectivity index (χ0n) is 5.92. The van der Waals surface area contributed by atoms with Gasteiger partial charge in [-0.2, -0.15) is 12.6 Å². The first-order chi connectivity index (χ1) is 4.77. The van der Waals surface area contributed by atoms with E-state index in [9.17, 15) is 4.79 Å². The number of rotatable bonds is 2. The molecule has 0 aromatic heterocycles. The molecule has 10 heavy (non-hydrogen) atoms. The molecule has 58 valence electrons. The van der Waals surface area contributed by atoms with Gasteiger partial charge in [-0.15, -0.1) is 0 Å². The zero-order chi connectivity index (χ0) is 7.56. The van der Waals surface area contributed by atoms with Gasteiger partial charge < -0.3 is 10.6 Å². The third-order valence-electron chi connectivity index (χ3n) is 1.76. The predicted octanol–water partition coefficient (Wildman–Crippen LogP) is 0.376. The third-order valence-corrected chi connectivity index (χ3v) is 2.15. The Morgan fingerprint density at radius 1 is 1.50 bits per heavy atom. The lowest BCUT2D eigenvalue weighted by Gasteiger charge is -2.12. The van der Waals surface area contributed by atoms with E-state index in [2.05, 4.69) is 23.3 Å². The summed E-state index contributed by atoms with van der Waals surface area (Å²) < 4.78 is 0. The van der Waals surface area contributed by atoms with Crippen molar-refractivity contribution in [3.8, 4) is 0 Å². The Hall–Kier alpha value is -0.380. The summed E-state index contributed by atoms with van der Waals surface area (Å²) in [5, 5.41) is 5.58. The van der Waals surface area contributed by atoms with Crippen LogP contribution in [0.2, 0.25) is 0 Å². The fourth-order valence-corrected chi connectivity index (χ4v) is 1.48. The predicted molar refractivity (Wildman–Crippen MR) is 43.4 cm³/mol. The van der Waals surface area contributed by atoms with Gasteiger partial charge in [0.2, 0.25) is 0 Å². The van der Waals surface area contributed by atoms with Crippen LogP contribution in [0, 0.1) is 0 Å². The number of urea groups is 1. The van der Waals surface area contributed by atoms with Gasteiger partial charge in [0.1, 0.15) is 0 Å². The smallest absolute Gasteiger partial charge is 0.315 e. The third kappa shape index (κ3) is 1.37. The molecule has 2 unspecified atom stereocenters. The molecule has 1 saturated heterocycles. The van der Waals surface area contributed by atoms with Crippen molar-refractivity contribution >= 4 is 18.7 Å². The van der Waals surface area contributed by atoms with Gasteiger partial charge in [0.05, 0.1) is 12.1 Å². The van der Waals surface area contributed by atoms with Crippen LogP contribution < -0.4 is 10.6 Å². The van der Waals surface area contributed by atoms with Crippen molar-refractivity contribution in [3.05, 3.63) is 0 Å². The lowest BCUT2D eigenvalue weighted by Crippen LogP contribution is -2.34. The van der Waals surface area contributed by atoms with Crippen LogP contribution in [0.25, 0.3) is 0 Å². The van der Waals surface area contributed by atoms with Crippen molar-refractivity contribution in [1.82, 2.24) is 10.6 Å². The number of hydrogen-bond donors (Lipinski definition) is 3. The van der Waals surface area contributed by atoms with Crippen LogP contribution >= 0.6 is 12.6 Å². The summed E-state index contributed by atoms with van der Waals surface area (Å²) in [7, 11) is 0. The highest BCUT2D eigenvalue weighted by Crippen LogP contribution is 2.06. The molecule has 1 aliphatic rings. The summed E-state index contributed by atoms with van der Waals surface area (Å²) in [5.74, 6) is 0.706. The molecule has 3 nitrogen and oxygen atoms in total. The Balaban J connectivity index is 2.48. The molecule has 0 aromatic rings. The van der Waals surface area contributed by atoms with Crippen LogP contribution in [0.1, 0.15) is 13.3 Å². The zero-order valence-corrected chi connectivity index (χ0v) is 6.82. The first-order valence-electron chi connectivity index (χ1n) is 3.45.